The first-order chi connectivity index (χ1) is 16.8. The number of Topliss-reactive ketones (excluding diaryl/α,β-unsaturated/α-hetero) is 4. The summed E-state index contributed by atoms with van der Waals surface area (Å²) in [5.41, 5.74) is 13.0. The summed E-state index contributed by atoms with van der Waals surface area (Å²) in [5, 5.41) is 11.7. The number of nitrogens with two attached hydrogens (primary N) is 2. The normalized spacial score (nSPS) is 33.1. The number of carbonyl (C=O) groups is 5. The van der Waals surface area contributed by atoms with E-state index >= 15 is 0 Å². The first-order valence-corrected chi connectivity index (χ1v) is 12.0. The Balaban J connectivity index is 1.69. The summed E-state index contributed by atoms with van der Waals surface area (Å²) in [6, 6.07) is 0.926. The van der Waals surface area contributed by atoms with Gasteiger partial charge in [0.1, 0.15) is 0 Å². The van der Waals surface area contributed by atoms with Gasteiger partial charge < -0.3 is 21.5 Å². The van der Waals surface area contributed by atoms with Crippen LogP contribution in [0, 0.1) is 23.7 Å². The predicted octanol–water partition coefficient (Wildman–Crippen LogP) is -0.917. The number of primary amides is 1. The molecular weight excluding hydrogens is 464 g/mol. The van der Waals surface area contributed by atoms with Gasteiger partial charge in [-0.1, -0.05) is 0 Å². The van der Waals surface area contributed by atoms with E-state index in [1.54, 1.807) is 20.2 Å². The Kier molecular flexibility index (Phi) is 5.28. The van der Waals surface area contributed by atoms with Gasteiger partial charge in [0.05, 0.1) is 12.0 Å². The molecule has 2 unspecified atom stereocenters. The molecule has 1 amide bonds. The van der Waals surface area contributed by atoms with Crippen molar-refractivity contribution in [2.24, 2.45) is 35.1 Å². The minimum atomic E-state index is -2.66. The number of aliphatic hydroxyl groups is 1. The second kappa shape index (κ2) is 7.81. The quantitative estimate of drug-likeness (QED) is 0.451. The number of amides is 1. The average molecular weight is 495 g/mol. The highest BCUT2D eigenvalue weighted by Gasteiger charge is 2.69. The van der Waals surface area contributed by atoms with E-state index < -0.39 is 64.4 Å². The van der Waals surface area contributed by atoms with Crippen LogP contribution in [0.5, 0.6) is 0 Å². The van der Waals surface area contributed by atoms with Crippen molar-refractivity contribution in [3.8, 4) is 0 Å². The van der Waals surface area contributed by atoms with Crippen LogP contribution >= 0.6 is 0 Å². The van der Waals surface area contributed by atoms with Crippen LogP contribution in [0.2, 0.25) is 0 Å². The topological polar surface area (TPSA) is 164 Å². The van der Waals surface area contributed by atoms with E-state index in [1.165, 1.54) is 4.90 Å². The van der Waals surface area contributed by atoms with Gasteiger partial charge in [-0.3, -0.25) is 28.9 Å². The summed E-state index contributed by atoms with van der Waals surface area (Å²) in [6.07, 6.45) is 2.68. The number of hydrogen-bond donors (Lipinski definition) is 3. The van der Waals surface area contributed by atoms with Crippen molar-refractivity contribution in [2.45, 2.75) is 30.9 Å². The number of benzene rings is 1. The van der Waals surface area contributed by atoms with Crippen LogP contribution in [-0.4, -0.2) is 78.9 Å². The van der Waals surface area contributed by atoms with Crippen LogP contribution in [0.3, 0.4) is 0 Å². The molecule has 0 spiro atoms. The Morgan fingerprint density at radius 1 is 1.11 bits per heavy atom. The zero-order valence-electron chi connectivity index (χ0n) is 20.7. The van der Waals surface area contributed by atoms with Crippen molar-refractivity contribution >= 4 is 40.8 Å². The number of rotatable bonds is 3. The summed E-state index contributed by atoms with van der Waals surface area (Å²) in [4.78, 5) is 70.0. The minimum absolute atomic E-state index is 0.0891. The Bertz CT molecular complexity index is 1300. The Hall–Kier alpha value is -3.37. The van der Waals surface area contributed by atoms with E-state index in [4.69, 9.17) is 11.5 Å². The van der Waals surface area contributed by atoms with E-state index in [-0.39, 0.29) is 6.42 Å². The highest BCUT2D eigenvalue weighted by Crippen LogP contribution is 2.51. The van der Waals surface area contributed by atoms with Gasteiger partial charge in [0.15, 0.2) is 34.7 Å². The van der Waals surface area contributed by atoms with Crippen molar-refractivity contribution < 1.29 is 29.1 Å². The number of hydrogen-bond acceptors (Lipinski definition) is 9. The predicted molar refractivity (Wildman–Crippen MR) is 130 cm³/mol. The molecule has 10 heteroatoms. The zero-order chi connectivity index (χ0) is 26.4. The molecule has 5 N–H and O–H groups in total. The first kappa shape index (κ1) is 24.3. The second-order valence-electron chi connectivity index (χ2n) is 10.9. The molecule has 4 aliphatic carbocycles. The maximum absolute atomic E-state index is 14.0. The SMILES string of the molecule is CN(C)c1cc2c(c3c1C[C@H]1C[C@H]4[C@H](N(C)C)C(=O)C(C(N)=O)C(=O)[C@@]4(O)C(=O)C1C3=O)C=C(N)C2. The third kappa shape index (κ3) is 3.00. The molecule has 190 valence electrons. The Labute approximate surface area is 208 Å². The molecule has 36 heavy (non-hydrogen) atoms. The minimum Gasteiger partial charge on any atom is -0.402 e. The lowest BCUT2D eigenvalue weighted by molar-refractivity contribution is -0.181. The van der Waals surface area contributed by atoms with Crippen molar-refractivity contribution in [3.63, 3.8) is 0 Å². The number of fused-ring (bicyclic) bond motifs is 5. The van der Waals surface area contributed by atoms with Crippen molar-refractivity contribution in [3.05, 3.63) is 34.0 Å². The Morgan fingerprint density at radius 3 is 2.36 bits per heavy atom. The maximum Gasteiger partial charge on any atom is 0.235 e. The van der Waals surface area contributed by atoms with Crippen molar-refractivity contribution in [1.29, 1.82) is 0 Å². The standard InChI is InChI=1S/C26H30N4O6/c1-29(2)16-8-10-5-12(27)9-13(10)18-14(16)6-11-7-15-20(30(3)4)22(32)19(25(28)35)24(34)26(15,36)23(33)17(11)21(18)31/h8-9,11,15,17,19-20,36H,5-7,27H2,1-4H3,(H2,28,35)/t11-,15-,17?,19?,20-,26-/m0/s1. The van der Waals surface area contributed by atoms with Crippen LogP contribution < -0.4 is 16.4 Å². The summed E-state index contributed by atoms with van der Waals surface area (Å²) in [6.45, 7) is 0. The maximum atomic E-state index is 14.0. The molecule has 6 atom stereocenters. The monoisotopic (exact) mass is 494 g/mol. The molecule has 2 saturated carbocycles. The molecule has 10 nitrogen and oxygen atoms in total. The number of anilines is 1. The second-order valence-corrected chi connectivity index (χ2v) is 10.9. The highest BCUT2D eigenvalue weighted by molar-refractivity contribution is 6.32. The summed E-state index contributed by atoms with van der Waals surface area (Å²) < 4.78 is 0. The molecule has 1 aromatic carbocycles. The van der Waals surface area contributed by atoms with E-state index in [1.807, 2.05) is 25.1 Å². The fourth-order valence-electron chi connectivity index (χ4n) is 6.92. The largest absolute Gasteiger partial charge is 0.402 e. The number of carbonyl (C=O) groups excluding carboxylic acids is 5. The van der Waals surface area contributed by atoms with Gasteiger partial charge in [0.25, 0.3) is 0 Å². The third-order valence-corrected chi connectivity index (χ3v) is 8.40. The fourth-order valence-corrected chi connectivity index (χ4v) is 6.92. The number of ketones is 4. The van der Waals surface area contributed by atoms with E-state index in [2.05, 4.69) is 0 Å². The van der Waals surface area contributed by atoms with Crippen LogP contribution in [0.1, 0.15) is 33.5 Å². The van der Waals surface area contributed by atoms with E-state index in [0.717, 1.165) is 16.8 Å². The summed E-state index contributed by atoms with van der Waals surface area (Å²) in [7, 11) is 6.91. The molecule has 0 bridgehead atoms. The summed E-state index contributed by atoms with van der Waals surface area (Å²) >= 11 is 0. The first-order valence-electron chi connectivity index (χ1n) is 12.0. The van der Waals surface area contributed by atoms with Crippen LogP contribution in [0.25, 0.3) is 6.08 Å². The lowest BCUT2D eigenvalue weighted by Crippen LogP contribution is -2.74. The van der Waals surface area contributed by atoms with Crippen LogP contribution in [0.15, 0.2) is 11.8 Å². The van der Waals surface area contributed by atoms with E-state index in [9.17, 15) is 29.1 Å². The van der Waals surface area contributed by atoms with E-state index in [0.29, 0.717) is 29.7 Å². The summed E-state index contributed by atoms with van der Waals surface area (Å²) in [5.74, 6) is -9.42. The number of likely N-dealkylation sites (N-methyl/N-ethyl adjacent to an activating group) is 1. The van der Waals surface area contributed by atoms with Gasteiger partial charge in [-0.05, 0) is 61.7 Å². The molecule has 0 aliphatic heterocycles. The molecule has 0 radical (unpaired) electrons. The zero-order valence-corrected chi connectivity index (χ0v) is 20.7. The highest BCUT2D eigenvalue weighted by atomic mass is 16.3. The van der Waals surface area contributed by atoms with Gasteiger partial charge in [-0.15, -0.1) is 0 Å². The Morgan fingerprint density at radius 2 is 1.78 bits per heavy atom. The molecule has 2 fully saturated rings. The van der Waals surface area contributed by atoms with Crippen molar-refractivity contribution in [1.82, 2.24) is 4.90 Å². The van der Waals surface area contributed by atoms with Crippen LogP contribution in [0.4, 0.5) is 5.69 Å². The van der Waals surface area contributed by atoms with Crippen molar-refractivity contribution in [2.75, 3.05) is 33.1 Å². The molecule has 5 rings (SSSR count). The molecule has 0 saturated heterocycles. The fraction of sp³-hybridized carbons (Fsp3) is 0.500. The number of nitrogens with zero attached hydrogens (tertiary/aromatic N) is 2. The van der Waals surface area contributed by atoms with Gasteiger partial charge in [0, 0.05) is 43.4 Å². The van der Waals surface area contributed by atoms with Gasteiger partial charge in [0.2, 0.25) is 5.91 Å². The molecule has 0 aromatic heterocycles. The smallest absolute Gasteiger partial charge is 0.235 e. The number of allylic oxidation sites excluding steroid dienone is 1. The van der Waals surface area contributed by atoms with Gasteiger partial charge in [-0.2, -0.15) is 0 Å². The molecule has 4 aliphatic rings. The van der Waals surface area contributed by atoms with Crippen LogP contribution in [-0.2, 0) is 32.0 Å². The van der Waals surface area contributed by atoms with Gasteiger partial charge in [-0.25, -0.2) is 0 Å². The molecule has 1 aromatic rings. The molecular formula is C26H30N4O6. The molecule has 0 heterocycles. The third-order valence-electron chi connectivity index (χ3n) is 8.40. The lowest BCUT2D eigenvalue weighted by Gasteiger charge is -2.52. The average Bonchev–Trinajstić information content (AvgIpc) is 3.14. The lowest BCUT2D eigenvalue weighted by atomic mass is 9.52. The van der Waals surface area contributed by atoms with Gasteiger partial charge >= 0.3 is 0 Å².